The second-order valence-electron chi connectivity index (χ2n) is 5.34. The largest absolute Gasteiger partial charge is 0.496 e. The van der Waals surface area contributed by atoms with E-state index >= 15 is 0 Å². The first-order chi connectivity index (χ1) is 14.3. The molecule has 30 heavy (non-hydrogen) atoms. The molecule has 0 saturated carbocycles. The van der Waals surface area contributed by atoms with E-state index in [0.29, 0.717) is 12.3 Å². The van der Waals surface area contributed by atoms with Crippen molar-refractivity contribution >= 4 is 11.8 Å². The highest BCUT2D eigenvalue weighted by molar-refractivity contribution is 5.96. The Hall–Kier alpha value is -3.44. The SMILES string of the molecule is CC.CC#N.CC(N)=O.COc1ccc(F)cc1C(=O)NCc1ccc(CO)cc1. The molecule has 0 spiro atoms. The van der Waals surface area contributed by atoms with E-state index in [0.717, 1.165) is 17.2 Å². The van der Waals surface area contributed by atoms with Gasteiger partial charge in [0.2, 0.25) is 5.91 Å². The molecule has 0 aliphatic carbocycles. The number of nitrogens with two attached hydrogens (primary N) is 1. The van der Waals surface area contributed by atoms with Gasteiger partial charge in [-0.1, -0.05) is 38.1 Å². The van der Waals surface area contributed by atoms with Crippen LogP contribution >= 0.6 is 0 Å². The van der Waals surface area contributed by atoms with Crippen LogP contribution in [0, 0.1) is 17.1 Å². The predicted octanol–water partition coefficient (Wildman–Crippen LogP) is 3.30. The summed E-state index contributed by atoms with van der Waals surface area (Å²) < 4.78 is 18.3. The number of primary amides is 1. The van der Waals surface area contributed by atoms with Crippen LogP contribution in [0.2, 0.25) is 0 Å². The fraction of sp³-hybridized carbons (Fsp3) is 0.318. The quantitative estimate of drug-likeness (QED) is 0.686. The van der Waals surface area contributed by atoms with Crippen molar-refractivity contribution in [2.24, 2.45) is 5.73 Å². The van der Waals surface area contributed by atoms with Crippen LogP contribution in [-0.4, -0.2) is 24.0 Å². The first-order valence-electron chi connectivity index (χ1n) is 9.16. The standard InChI is InChI=1S/C16H16FNO3.C2H5NO.C2H3N.C2H6/c1-21-15-7-6-13(17)8-14(15)16(20)18-9-11-2-4-12(10-19)5-3-11;1-2(3)4;1-2-3;1-2/h2-8,19H,9-10H2,1H3,(H,18,20);1H3,(H2,3,4);1H3;1-2H3. The minimum absolute atomic E-state index is 0.0207. The molecule has 164 valence electrons. The summed E-state index contributed by atoms with van der Waals surface area (Å²) in [4.78, 5) is 21.3. The molecule has 7 nitrogen and oxygen atoms in total. The number of rotatable bonds is 5. The highest BCUT2D eigenvalue weighted by Gasteiger charge is 2.13. The van der Waals surface area contributed by atoms with Crippen molar-refractivity contribution in [3.8, 4) is 11.8 Å². The number of amides is 2. The van der Waals surface area contributed by atoms with Crippen LogP contribution in [-0.2, 0) is 17.9 Å². The average molecular weight is 419 g/mol. The van der Waals surface area contributed by atoms with E-state index < -0.39 is 11.7 Å². The van der Waals surface area contributed by atoms with E-state index in [9.17, 15) is 14.0 Å². The van der Waals surface area contributed by atoms with Gasteiger partial charge in [0.25, 0.3) is 5.91 Å². The first kappa shape index (κ1) is 28.8. The number of hydrogen-bond donors (Lipinski definition) is 3. The van der Waals surface area contributed by atoms with Crippen molar-refractivity contribution in [1.29, 1.82) is 5.26 Å². The van der Waals surface area contributed by atoms with Crippen LogP contribution < -0.4 is 15.8 Å². The van der Waals surface area contributed by atoms with Gasteiger partial charge in [-0.2, -0.15) is 5.26 Å². The Morgan fingerprint density at radius 2 is 1.63 bits per heavy atom. The van der Waals surface area contributed by atoms with Crippen LogP contribution in [0.1, 0.15) is 49.2 Å². The van der Waals surface area contributed by atoms with Gasteiger partial charge in [-0.25, -0.2) is 4.39 Å². The topological polar surface area (TPSA) is 125 Å². The summed E-state index contributed by atoms with van der Waals surface area (Å²) in [5.74, 6) is -0.907. The molecule has 0 fully saturated rings. The molecule has 0 aliphatic rings. The number of halogens is 1. The lowest BCUT2D eigenvalue weighted by Gasteiger charge is -2.09. The third-order valence-corrected chi connectivity index (χ3v) is 3.06. The molecule has 0 unspecified atom stereocenters. The van der Waals surface area contributed by atoms with E-state index in [-0.39, 0.29) is 18.1 Å². The molecule has 2 rings (SSSR count). The monoisotopic (exact) mass is 419 g/mol. The Morgan fingerprint density at radius 1 is 1.17 bits per heavy atom. The number of ether oxygens (including phenoxy) is 1. The normalized spacial score (nSPS) is 8.47. The number of nitriles is 1. The smallest absolute Gasteiger partial charge is 0.255 e. The van der Waals surface area contributed by atoms with Crippen LogP contribution in [0.25, 0.3) is 0 Å². The lowest BCUT2D eigenvalue weighted by Crippen LogP contribution is -2.23. The summed E-state index contributed by atoms with van der Waals surface area (Å²) >= 11 is 0. The third-order valence-electron chi connectivity index (χ3n) is 3.06. The van der Waals surface area contributed by atoms with E-state index in [4.69, 9.17) is 15.1 Å². The maximum Gasteiger partial charge on any atom is 0.255 e. The molecule has 8 heteroatoms. The predicted molar refractivity (Wildman–Crippen MR) is 114 cm³/mol. The summed E-state index contributed by atoms with van der Waals surface area (Å²) in [6.45, 7) is 7.03. The molecule has 0 radical (unpaired) electrons. The van der Waals surface area contributed by atoms with Gasteiger partial charge in [-0.3, -0.25) is 9.59 Å². The molecule has 2 aromatic carbocycles. The number of hydrogen-bond acceptors (Lipinski definition) is 5. The van der Waals surface area contributed by atoms with Gasteiger partial charge in [0.05, 0.1) is 25.3 Å². The summed E-state index contributed by atoms with van der Waals surface area (Å²) in [7, 11) is 1.43. The molecule has 0 saturated heterocycles. The van der Waals surface area contributed by atoms with Crippen LogP contribution in [0.5, 0.6) is 5.75 Å². The van der Waals surface area contributed by atoms with Gasteiger partial charge in [0.15, 0.2) is 0 Å². The molecule has 0 aromatic heterocycles. The van der Waals surface area contributed by atoms with Crippen LogP contribution in [0.15, 0.2) is 42.5 Å². The fourth-order valence-electron chi connectivity index (χ4n) is 1.90. The molecule has 2 aromatic rings. The van der Waals surface area contributed by atoms with Gasteiger partial charge in [0, 0.05) is 20.4 Å². The molecule has 4 N–H and O–H groups in total. The molecule has 0 aliphatic heterocycles. The second-order valence-corrected chi connectivity index (χ2v) is 5.34. The highest BCUT2D eigenvalue weighted by atomic mass is 19.1. The molecule has 0 atom stereocenters. The van der Waals surface area contributed by atoms with Crippen LogP contribution in [0.3, 0.4) is 0 Å². The molecular formula is C22H30FN3O4. The second kappa shape index (κ2) is 17.6. The fourth-order valence-corrected chi connectivity index (χ4v) is 1.90. The minimum atomic E-state index is -0.492. The highest BCUT2D eigenvalue weighted by Crippen LogP contribution is 2.19. The van der Waals surface area contributed by atoms with E-state index in [1.807, 2.05) is 26.0 Å². The van der Waals surface area contributed by atoms with Gasteiger partial charge < -0.3 is 20.9 Å². The van der Waals surface area contributed by atoms with Crippen LogP contribution in [0.4, 0.5) is 4.39 Å². The number of nitrogens with one attached hydrogen (secondary N) is 1. The zero-order valence-corrected chi connectivity index (χ0v) is 18.0. The van der Waals surface area contributed by atoms with Gasteiger partial charge in [-0.05, 0) is 29.3 Å². The summed E-state index contributed by atoms with van der Waals surface area (Å²) in [6.07, 6.45) is 0. The number of nitrogens with zero attached hydrogens (tertiary/aromatic N) is 1. The van der Waals surface area contributed by atoms with E-state index in [1.165, 1.54) is 33.1 Å². The number of aliphatic hydroxyl groups excluding tert-OH is 1. The maximum atomic E-state index is 13.2. The summed E-state index contributed by atoms with van der Waals surface area (Å²) in [5, 5.41) is 19.0. The Labute approximate surface area is 177 Å². The van der Waals surface area contributed by atoms with Crippen molar-refractivity contribution in [3.05, 3.63) is 65.0 Å². The van der Waals surface area contributed by atoms with Crippen molar-refractivity contribution in [3.63, 3.8) is 0 Å². The van der Waals surface area contributed by atoms with Crippen molar-refractivity contribution < 1.29 is 23.8 Å². The Bertz CT molecular complexity index is 799. The number of aliphatic hydroxyl groups is 1. The van der Waals surface area contributed by atoms with Gasteiger partial charge >= 0.3 is 0 Å². The zero-order valence-electron chi connectivity index (χ0n) is 18.0. The average Bonchev–Trinajstić information content (AvgIpc) is 2.74. The summed E-state index contributed by atoms with van der Waals surface area (Å²) in [5.41, 5.74) is 6.32. The molecule has 2 amide bonds. The zero-order chi connectivity index (χ0) is 23.5. The summed E-state index contributed by atoms with van der Waals surface area (Å²) in [6, 6.07) is 12.7. The van der Waals surface area contributed by atoms with Crippen molar-refractivity contribution in [2.45, 2.75) is 40.8 Å². The lowest BCUT2D eigenvalue weighted by molar-refractivity contribution is -0.115. The third kappa shape index (κ3) is 12.9. The number of carbonyl (C=O) groups is 2. The maximum absolute atomic E-state index is 13.2. The number of carbonyl (C=O) groups excluding carboxylic acids is 2. The van der Waals surface area contributed by atoms with Crippen molar-refractivity contribution in [1.82, 2.24) is 5.32 Å². The van der Waals surface area contributed by atoms with E-state index in [1.54, 1.807) is 18.2 Å². The van der Waals surface area contributed by atoms with Crippen molar-refractivity contribution in [2.75, 3.05) is 7.11 Å². The Kier molecular flexibility index (Phi) is 16.9. The molecular weight excluding hydrogens is 389 g/mol. The van der Waals surface area contributed by atoms with E-state index in [2.05, 4.69) is 11.1 Å². The Morgan fingerprint density at radius 3 is 2.07 bits per heavy atom. The van der Waals surface area contributed by atoms with Gasteiger partial charge in [-0.15, -0.1) is 0 Å². The number of benzene rings is 2. The Balaban J connectivity index is 0. The minimum Gasteiger partial charge on any atom is -0.496 e. The first-order valence-corrected chi connectivity index (χ1v) is 9.16. The lowest BCUT2D eigenvalue weighted by atomic mass is 10.1. The van der Waals surface area contributed by atoms with Gasteiger partial charge in [0.1, 0.15) is 11.6 Å². The number of methoxy groups -OCH3 is 1. The molecule has 0 heterocycles. The molecule has 0 bridgehead atoms.